The molecule has 10 heteroatoms. The predicted molar refractivity (Wildman–Crippen MR) is 92.3 cm³/mol. The molecule has 0 spiro atoms. The molecule has 0 aliphatic carbocycles. The van der Waals surface area contributed by atoms with E-state index in [9.17, 15) is 4.79 Å². The van der Waals surface area contributed by atoms with Crippen LogP contribution in [-0.4, -0.2) is 58.6 Å². The number of hydrogen-bond donors (Lipinski definition) is 0. The summed E-state index contributed by atoms with van der Waals surface area (Å²) in [6.07, 6.45) is 6.60. The van der Waals surface area contributed by atoms with Gasteiger partial charge < -0.3 is 9.42 Å². The van der Waals surface area contributed by atoms with Gasteiger partial charge in [-0.1, -0.05) is 5.16 Å². The van der Waals surface area contributed by atoms with Crippen molar-refractivity contribution in [2.24, 2.45) is 0 Å². The minimum atomic E-state index is -0.129. The Hall–Kier alpha value is -3.56. The standard InChI is InChI=1S/C17H16N8O2/c26-17(13-4-8-19-27-13)23-10-5-12(6-11-23)16-21-20-14-2-3-15(22-25(14)16)24-9-1-7-18-24/h1-4,7-9,12H,5-6,10-11H2. The van der Waals surface area contributed by atoms with Crippen LogP contribution >= 0.6 is 0 Å². The predicted octanol–water partition coefficient (Wildman–Crippen LogP) is 1.32. The first-order chi connectivity index (χ1) is 13.3. The van der Waals surface area contributed by atoms with E-state index >= 15 is 0 Å². The molecule has 1 aliphatic heterocycles. The normalized spacial score (nSPS) is 15.5. The van der Waals surface area contributed by atoms with Crippen molar-refractivity contribution in [1.82, 2.24) is 39.6 Å². The zero-order valence-electron chi connectivity index (χ0n) is 14.3. The van der Waals surface area contributed by atoms with E-state index in [1.54, 1.807) is 26.4 Å². The lowest BCUT2D eigenvalue weighted by atomic mass is 9.96. The zero-order chi connectivity index (χ0) is 18.2. The Bertz CT molecular complexity index is 1060. The van der Waals surface area contributed by atoms with Crippen molar-refractivity contribution in [2.75, 3.05) is 13.1 Å². The van der Waals surface area contributed by atoms with Gasteiger partial charge in [-0.3, -0.25) is 4.79 Å². The number of aromatic nitrogens is 7. The highest BCUT2D eigenvalue weighted by molar-refractivity contribution is 5.91. The minimum Gasteiger partial charge on any atom is -0.351 e. The summed E-state index contributed by atoms with van der Waals surface area (Å²) in [5.41, 5.74) is 0.695. The summed E-state index contributed by atoms with van der Waals surface area (Å²) < 4.78 is 8.44. The van der Waals surface area contributed by atoms with Gasteiger partial charge in [0.25, 0.3) is 5.91 Å². The third-order valence-electron chi connectivity index (χ3n) is 4.81. The highest BCUT2D eigenvalue weighted by Crippen LogP contribution is 2.27. The van der Waals surface area contributed by atoms with Crippen LogP contribution in [-0.2, 0) is 0 Å². The number of amides is 1. The Morgan fingerprint density at radius 3 is 2.74 bits per heavy atom. The molecule has 1 saturated heterocycles. The summed E-state index contributed by atoms with van der Waals surface area (Å²) in [4.78, 5) is 14.2. The molecule has 1 amide bonds. The van der Waals surface area contributed by atoms with Crippen LogP contribution in [0.2, 0.25) is 0 Å². The van der Waals surface area contributed by atoms with Crippen molar-refractivity contribution in [3.63, 3.8) is 0 Å². The van der Waals surface area contributed by atoms with E-state index in [1.165, 1.54) is 6.20 Å². The average Bonchev–Trinajstić information content (AvgIpc) is 3.48. The molecule has 0 N–H and O–H groups in total. The summed E-state index contributed by atoms with van der Waals surface area (Å²) in [5.74, 6) is 1.83. The third-order valence-corrected chi connectivity index (χ3v) is 4.81. The van der Waals surface area contributed by atoms with Crippen LogP contribution in [0.15, 0.2) is 47.4 Å². The van der Waals surface area contributed by atoms with E-state index < -0.39 is 0 Å². The van der Waals surface area contributed by atoms with Crippen molar-refractivity contribution in [1.29, 1.82) is 0 Å². The molecule has 1 aliphatic rings. The van der Waals surface area contributed by atoms with Crippen LogP contribution in [0.3, 0.4) is 0 Å². The van der Waals surface area contributed by atoms with Gasteiger partial charge in [0.1, 0.15) is 0 Å². The maximum absolute atomic E-state index is 12.4. The highest BCUT2D eigenvalue weighted by Gasteiger charge is 2.29. The first-order valence-corrected chi connectivity index (χ1v) is 8.72. The third kappa shape index (κ3) is 2.75. The van der Waals surface area contributed by atoms with E-state index in [0.29, 0.717) is 24.6 Å². The second-order valence-corrected chi connectivity index (χ2v) is 6.41. The Morgan fingerprint density at radius 1 is 1.11 bits per heavy atom. The number of fused-ring (bicyclic) bond motifs is 1. The molecule has 0 aromatic carbocycles. The molecule has 0 unspecified atom stereocenters. The second-order valence-electron chi connectivity index (χ2n) is 6.41. The summed E-state index contributed by atoms with van der Waals surface area (Å²) in [6, 6.07) is 7.17. The Balaban J connectivity index is 1.37. The second kappa shape index (κ2) is 6.31. The molecule has 10 nitrogen and oxygen atoms in total. The summed E-state index contributed by atoms with van der Waals surface area (Å²) in [5, 5.41) is 21.0. The molecular weight excluding hydrogens is 348 g/mol. The zero-order valence-corrected chi connectivity index (χ0v) is 14.3. The average molecular weight is 364 g/mol. The van der Waals surface area contributed by atoms with E-state index in [0.717, 1.165) is 18.7 Å². The van der Waals surface area contributed by atoms with Crippen LogP contribution in [0.1, 0.15) is 35.1 Å². The number of piperidine rings is 1. The van der Waals surface area contributed by atoms with Crippen LogP contribution in [0.5, 0.6) is 0 Å². The maximum atomic E-state index is 12.4. The van der Waals surface area contributed by atoms with Crippen molar-refractivity contribution in [3.8, 4) is 5.82 Å². The molecular formula is C17H16N8O2. The molecule has 0 radical (unpaired) electrons. The molecule has 136 valence electrons. The van der Waals surface area contributed by atoms with Crippen molar-refractivity contribution < 1.29 is 9.32 Å². The van der Waals surface area contributed by atoms with Crippen LogP contribution in [0.4, 0.5) is 0 Å². The van der Waals surface area contributed by atoms with Crippen molar-refractivity contribution in [3.05, 3.63) is 54.4 Å². The molecule has 1 fully saturated rings. The quantitative estimate of drug-likeness (QED) is 0.539. The van der Waals surface area contributed by atoms with Gasteiger partial charge in [0.05, 0.1) is 6.20 Å². The summed E-state index contributed by atoms with van der Waals surface area (Å²) >= 11 is 0. The van der Waals surface area contributed by atoms with Gasteiger partial charge >= 0.3 is 0 Å². The van der Waals surface area contributed by atoms with E-state index in [-0.39, 0.29) is 17.6 Å². The molecule has 0 saturated carbocycles. The molecule has 5 heterocycles. The fourth-order valence-electron chi connectivity index (χ4n) is 3.40. The van der Waals surface area contributed by atoms with E-state index in [4.69, 9.17) is 4.52 Å². The van der Waals surface area contributed by atoms with Gasteiger partial charge in [-0.15, -0.1) is 15.3 Å². The van der Waals surface area contributed by atoms with Gasteiger partial charge in [-0.25, -0.2) is 4.68 Å². The van der Waals surface area contributed by atoms with Crippen LogP contribution < -0.4 is 0 Å². The number of carbonyl (C=O) groups is 1. The Labute approximate surface area is 153 Å². The van der Waals surface area contributed by atoms with Gasteiger partial charge in [0.2, 0.25) is 5.76 Å². The van der Waals surface area contributed by atoms with Gasteiger partial charge in [-0.05, 0) is 31.0 Å². The number of likely N-dealkylation sites (tertiary alicyclic amines) is 1. The SMILES string of the molecule is O=C(c1ccno1)N1CCC(c2nnc3ccc(-n4cccn4)nn23)CC1. The fourth-order valence-corrected chi connectivity index (χ4v) is 3.40. The Morgan fingerprint density at radius 2 is 2.00 bits per heavy atom. The van der Waals surface area contributed by atoms with E-state index in [1.807, 2.05) is 24.4 Å². The lowest BCUT2D eigenvalue weighted by Gasteiger charge is -2.30. The minimum absolute atomic E-state index is 0.129. The monoisotopic (exact) mass is 364 g/mol. The molecule has 4 aromatic heterocycles. The van der Waals surface area contributed by atoms with E-state index in [2.05, 4.69) is 25.6 Å². The molecule has 27 heavy (non-hydrogen) atoms. The number of carbonyl (C=O) groups excluding carboxylic acids is 1. The molecule has 0 atom stereocenters. The summed E-state index contributed by atoms with van der Waals surface area (Å²) in [7, 11) is 0. The number of nitrogens with zero attached hydrogens (tertiary/aromatic N) is 8. The molecule has 5 rings (SSSR count). The van der Waals surface area contributed by atoms with Crippen molar-refractivity contribution >= 4 is 11.6 Å². The Kier molecular flexibility index (Phi) is 3.66. The largest absolute Gasteiger partial charge is 0.351 e. The van der Waals surface area contributed by atoms with Crippen LogP contribution in [0, 0.1) is 0 Å². The number of hydrogen-bond acceptors (Lipinski definition) is 7. The highest BCUT2D eigenvalue weighted by atomic mass is 16.5. The molecule has 0 bridgehead atoms. The van der Waals surface area contributed by atoms with Crippen molar-refractivity contribution in [2.45, 2.75) is 18.8 Å². The first kappa shape index (κ1) is 15.7. The summed E-state index contributed by atoms with van der Waals surface area (Å²) in [6.45, 7) is 1.25. The van der Waals surface area contributed by atoms with Crippen LogP contribution in [0.25, 0.3) is 11.5 Å². The lowest BCUT2D eigenvalue weighted by molar-refractivity contribution is 0.0668. The van der Waals surface area contributed by atoms with Gasteiger partial charge in [0, 0.05) is 37.5 Å². The number of rotatable bonds is 3. The topological polar surface area (TPSA) is 107 Å². The smallest absolute Gasteiger partial charge is 0.292 e. The lowest BCUT2D eigenvalue weighted by Crippen LogP contribution is -2.38. The van der Waals surface area contributed by atoms with Gasteiger partial charge in [-0.2, -0.15) is 9.61 Å². The maximum Gasteiger partial charge on any atom is 0.292 e. The van der Waals surface area contributed by atoms with Gasteiger partial charge in [0.15, 0.2) is 17.3 Å². The first-order valence-electron chi connectivity index (χ1n) is 8.72. The fraction of sp³-hybridized carbons (Fsp3) is 0.294. The molecule has 4 aromatic rings.